The smallest absolute Gasteiger partial charge is 0.169 e. The van der Waals surface area contributed by atoms with Gasteiger partial charge >= 0.3 is 0 Å². The lowest BCUT2D eigenvalue weighted by Gasteiger charge is -2.31. The van der Waals surface area contributed by atoms with Gasteiger partial charge < -0.3 is 0 Å². The minimum Gasteiger partial charge on any atom is -0.206 e. The molecule has 0 heterocycles. The summed E-state index contributed by atoms with van der Waals surface area (Å²) < 4.78 is 43.5. The number of benzene rings is 2. The van der Waals surface area contributed by atoms with Crippen LogP contribution >= 0.6 is 0 Å². The summed E-state index contributed by atoms with van der Waals surface area (Å²) in [7, 11) is 0. The Hall–Kier alpha value is -1.51. The lowest BCUT2D eigenvalue weighted by atomic mass is 9.74. The summed E-state index contributed by atoms with van der Waals surface area (Å²) in [6, 6.07) is 4.81. The molecule has 0 saturated heterocycles. The van der Waals surface area contributed by atoms with Crippen LogP contribution in [0.2, 0.25) is 0 Å². The zero-order chi connectivity index (χ0) is 19.4. The quantitative estimate of drug-likeness (QED) is 0.463. The maximum Gasteiger partial charge on any atom is 0.169 e. The van der Waals surface area contributed by atoms with E-state index >= 15 is 0 Å². The molecular weight excluding hydrogens is 345 g/mol. The molecule has 0 amide bonds. The Balaban J connectivity index is 1.90. The van der Waals surface area contributed by atoms with Gasteiger partial charge in [-0.05, 0) is 53.7 Å². The molecular formula is C24H31F3. The van der Waals surface area contributed by atoms with Crippen molar-refractivity contribution in [3.8, 4) is 0 Å². The van der Waals surface area contributed by atoms with Crippen LogP contribution in [0.5, 0.6) is 0 Å². The fourth-order valence-corrected chi connectivity index (χ4v) is 4.94. The molecule has 0 spiro atoms. The highest BCUT2D eigenvalue weighted by Gasteiger charge is 2.25. The summed E-state index contributed by atoms with van der Waals surface area (Å²) in [6.45, 7) is 4.18. The van der Waals surface area contributed by atoms with Crippen molar-refractivity contribution in [2.45, 2.75) is 78.1 Å². The molecule has 1 aliphatic rings. The average molecular weight is 377 g/mol. The first-order valence-electron chi connectivity index (χ1n) is 10.6. The van der Waals surface area contributed by atoms with E-state index in [2.05, 4.69) is 6.92 Å². The molecule has 0 aromatic heterocycles. The van der Waals surface area contributed by atoms with Gasteiger partial charge in [-0.1, -0.05) is 70.9 Å². The number of fused-ring (bicyclic) bond motifs is 1. The highest BCUT2D eigenvalue weighted by molar-refractivity contribution is 5.87. The van der Waals surface area contributed by atoms with Gasteiger partial charge in [0.05, 0.1) is 5.39 Å². The Morgan fingerprint density at radius 1 is 0.815 bits per heavy atom. The van der Waals surface area contributed by atoms with Crippen LogP contribution in [-0.4, -0.2) is 0 Å². The van der Waals surface area contributed by atoms with Crippen molar-refractivity contribution in [3.63, 3.8) is 0 Å². The van der Waals surface area contributed by atoms with Gasteiger partial charge in [0.15, 0.2) is 11.6 Å². The standard InChI is InChI=1S/C24H31F3/c1-3-7-16-9-5-6-10-17(16)11-12-19-15-21(25)24(27)22-20(19)14-13-18(8-4-2)23(22)26/h13-17H,3-12H2,1-2H3. The van der Waals surface area contributed by atoms with E-state index in [4.69, 9.17) is 0 Å². The van der Waals surface area contributed by atoms with Gasteiger partial charge in [0.1, 0.15) is 5.82 Å². The molecule has 2 aromatic rings. The predicted octanol–water partition coefficient (Wildman–Crippen LogP) is 7.75. The minimum atomic E-state index is -1.05. The summed E-state index contributed by atoms with van der Waals surface area (Å²) in [5, 5.41) is 0.374. The number of hydrogen-bond donors (Lipinski definition) is 0. The maximum absolute atomic E-state index is 14.8. The maximum atomic E-state index is 14.8. The lowest BCUT2D eigenvalue weighted by molar-refractivity contribution is 0.210. The Morgan fingerprint density at radius 2 is 1.52 bits per heavy atom. The zero-order valence-corrected chi connectivity index (χ0v) is 16.6. The van der Waals surface area contributed by atoms with Crippen LogP contribution in [0.1, 0.15) is 76.3 Å². The first-order chi connectivity index (χ1) is 13.1. The monoisotopic (exact) mass is 376 g/mol. The van der Waals surface area contributed by atoms with Gasteiger partial charge in [-0.15, -0.1) is 0 Å². The molecule has 0 nitrogen and oxygen atoms in total. The fourth-order valence-electron chi connectivity index (χ4n) is 4.94. The number of aryl methyl sites for hydroxylation is 2. The van der Waals surface area contributed by atoms with Gasteiger partial charge in [0.2, 0.25) is 0 Å². The van der Waals surface area contributed by atoms with E-state index in [0.717, 1.165) is 24.3 Å². The molecule has 2 atom stereocenters. The van der Waals surface area contributed by atoms with Crippen molar-refractivity contribution in [2.75, 3.05) is 0 Å². The van der Waals surface area contributed by atoms with Crippen molar-refractivity contribution < 1.29 is 13.2 Å². The van der Waals surface area contributed by atoms with Crippen molar-refractivity contribution in [1.29, 1.82) is 0 Å². The Kier molecular flexibility index (Phi) is 6.83. The van der Waals surface area contributed by atoms with Gasteiger partial charge in [-0.2, -0.15) is 0 Å². The Bertz CT molecular complexity index is 779. The zero-order valence-electron chi connectivity index (χ0n) is 16.6. The average Bonchev–Trinajstić information content (AvgIpc) is 2.66. The summed E-state index contributed by atoms with van der Waals surface area (Å²) in [5.74, 6) is -1.18. The van der Waals surface area contributed by atoms with Crippen LogP contribution < -0.4 is 0 Å². The first kappa shape index (κ1) is 20.2. The molecule has 1 fully saturated rings. The highest BCUT2D eigenvalue weighted by Crippen LogP contribution is 2.37. The Labute approximate surface area is 161 Å². The predicted molar refractivity (Wildman–Crippen MR) is 106 cm³/mol. The molecule has 0 radical (unpaired) electrons. The van der Waals surface area contributed by atoms with Crippen molar-refractivity contribution in [2.24, 2.45) is 11.8 Å². The summed E-state index contributed by atoms with van der Waals surface area (Å²) in [5.41, 5.74) is 1.21. The summed E-state index contributed by atoms with van der Waals surface area (Å²) in [6.07, 6.45) is 10.5. The summed E-state index contributed by atoms with van der Waals surface area (Å²) >= 11 is 0. The number of rotatable bonds is 7. The molecule has 2 aromatic carbocycles. The lowest BCUT2D eigenvalue weighted by Crippen LogP contribution is -2.20. The van der Waals surface area contributed by atoms with E-state index in [9.17, 15) is 13.2 Å². The van der Waals surface area contributed by atoms with E-state index in [0.29, 0.717) is 29.7 Å². The number of halogens is 3. The van der Waals surface area contributed by atoms with Crippen molar-refractivity contribution in [3.05, 3.63) is 46.8 Å². The second-order valence-corrected chi connectivity index (χ2v) is 8.17. The third kappa shape index (κ3) is 4.33. The second kappa shape index (κ2) is 9.12. The van der Waals surface area contributed by atoms with E-state index in [1.807, 2.05) is 6.92 Å². The first-order valence-corrected chi connectivity index (χ1v) is 10.6. The fraction of sp³-hybridized carbons (Fsp3) is 0.583. The van der Waals surface area contributed by atoms with Crippen LogP contribution in [0.15, 0.2) is 18.2 Å². The van der Waals surface area contributed by atoms with Crippen LogP contribution in [-0.2, 0) is 12.8 Å². The highest BCUT2D eigenvalue weighted by atomic mass is 19.2. The van der Waals surface area contributed by atoms with Gasteiger partial charge in [-0.25, -0.2) is 13.2 Å². The third-order valence-corrected chi connectivity index (χ3v) is 6.33. The molecule has 3 rings (SSSR count). The molecule has 0 N–H and O–H groups in total. The molecule has 2 unspecified atom stereocenters. The van der Waals surface area contributed by atoms with E-state index < -0.39 is 17.5 Å². The number of hydrogen-bond acceptors (Lipinski definition) is 0. The van der Waals surface area contributed by atoms with Gasteiger partial charge in [-0.3, -0.25) is 0 Å². The minimum absolute atomic E-state index is 0.162. The SMILES string of the molecule is CCCc1ccc2c(CCC3CCCCC3CCC)cc(F)c(F)c2c1F. The van der Waals surface area contributed by atoms with Crippen molar-refractivity contribution in [1.82, 2.24) is 0 Å². The van der Waals surface area contributed by atoms with E-state index in [1.54, 1.807) is 12.1 Å². The molecule has 27 heavy (non-hydrogen) atoms. The molecule has 0 bridgehead atoms. The molecule has 148 valence electrons. The van der Waals surface area contributed by atoms with Crippen LogP contribution in [0.25, 0.3) is 10.8 Å². The van der Waals surface area contributed by atoms with E-state index in [-0.39, 0.29) is 5.39 Å². The molecule has 1 saturated carbocycles. The largest absolute Gasteiger partial charge is 0.206 e. The van der Waals surface area contributed by atoms with Crippen LogP contribution in [0.4, 0.5) is 13.2 Å². The Morgan fingerprint density at radius 3 is 2.19 bits per heavy atom. The molecule has 3 heteroatoms. The molecule has 1 aliphatic carbocycles. The third-order valence-electron chi connectivity index (χ3n) is 6.33. The van der Waals surface area contributed by atoms with Crippen LogP contribution in [0, 0.1) is 29.3 Å². The van der Waals surface area contributed by atoms with Crippen molar-refractivity contribution >= 4 is 10.8 Å². The van der Waals surface area contributed by atoms with E-state index in [1.165, 1.54) is 44.6 Å². The van der Waals surface area contributed by atoms with Gasteiger partial charge in [0.25, 0.3) is 0 Å². The normalized spacial score (nSPS) is 20.3. The topological polar surface area (TPSA) is 0 Å². The van der Waals surface area contributed by atoms with Crippen LogP contribution in [0.3, 0.4) is 0 Å². The molecule has 0 aliphatic heterocycles. The van der Waals surface area contributed by atoms with Gasteiger partial charge in [0, 0.05) is 0 Å². The summed E-state index contributed by atoms with van der Waals surface area (Å²) in [4.78, 5) is 0. The second-order valence-electron chi connectivity index (χ2n) is 8.17.